The molecule has 0 rings (SSSR count). The normalized spacial score (nSPS) is 14.1. The number of carbonyl (C=O) groups excluding carboxylic acids is 3. The second-order valence-electron chi connectivity index (χ2n) is 8.59. The third kappa shape index (κ3) is 14.4. The lowest BCUT2D eigenvalue weighted by atomic mass is 10.0. The number of hydrogen-bond donors (Lipinski definition) is 8. The van der Waals surface area contributed by atoms with Crippen molar-refractivity contribution < 1.29 is 34.2 Å². The molecule has 0 aromatic rings. The van der Waals surface area contributed by atoms with Gasteiger partial charge >= 0.3 is 11.9 Å². The molecule has 0 radical (unpaired) electrons. The number of amides is 3. The highest BCUT2D eigenvalue weighted by molar-refractivity contribution is 7.98. The molecule has 0 spiro atoms. The highest BCUT2D eigenvalue weighted by atomic mass is 32.2. The number of nitrogens with zero attached hydrogens (tertiary/aromatic N) is 1. The van der Waals surface area contributed by atoms with E-state index in [2.05, 4.69) is 20.9 Å². The maximum atomic E-state index is 13.0. The van der Waals surface area contributed by atoms with Crippen molar-refractivity contribution >= 4 is 47.4 Å². The zero-order valence-electron chi connectivity index (χ0n) is 20.9. The smallest absolute Gasteiger partial charge is 0.326 e. The molecule has 206 valence electrons. The Bertz CT molecular complexity index is 791. The molecule has 4 atom stereocenters. The van der Waals surface area contributed by atoms with Gasteiger partial charge in [-0.25, -0.2) is 4.79 Å². The van der Waals surface area contributed by atoms with Crippen LogP contribution in [0, 0.1) is 5.92 Å². The van der Waals surface area contributed by atoms with Crippen molar-refractivity contribution in [2.75, 3.05) is 18.6 Å². The van der Waals surface area contributed by atoms with E-state index in [4.69, 9.17) is 22.3 Å². The van der Waals surface area contributed by atoms with E-state index in [1.165, 1.54) is 11.8 Å². The average molecular weight is 534 g/mol. The number of guanidine groups is 1. The summed E-state index contributed by atoms with van der Waals surface area (Å²) in [6.45, 7) is 3.84. The second-order valence-corrected chi connectivity index (χ2v) is 9.57. The van der Waals surface area contributed by atoms with E-state index in [1.807, 2.05) is 13.8 Å². The van der Waals surface area contributed by atoms with Crippen molar-refractivity contribution in [2.24, 2.45) is 28.1 Å². The molecule has 0 aliphatic heterocycles. The summed E-state index contributed by atoms with van der Waals surface area (Å²) in [4.78, 5) is 64.4. The van der Waals surface area contributed by atoms with Crippen molar-refractivity contribution in [1.29, 1.82) is 0 Å². The van der Waals surface area contributed by atoms with Gasteiger partial charge in [0, 0.05) is 6.54 Å². The van der Waals surface area contributed by atoms with E-state index >= 15 is 0 Å². The molecule has 15 heteroatoms. The van der Waals surface area contributed by atoms with Crippen molar-refractivity contribution in [2.45, 2.75) is 70.1 Å². The van der Waals surface area contributed by atoms with E-state index in [9.17, 15) is 29.1 Å². The highest BCUT2D eigenvalue weighted by Gasteiger charge is 2.30. The van der Waals surface area contributed by atoms with E-state index in [1.54, 1.807) is 6.26 Å². The Hall–Kier alpha value is -3.07. The van der Waals surface area contributed by atoms with Crippen LogP contribution in [0.4, 0.5) is 0 Å². The monoisotopic (exact) mass is 533 g/mol. The molecule has 0 aliphatic carbocycles. The molecule has 0 bridgehead atoms. The molecule has 0 unspecified atom stereocenters. The van der Waals surface area contributed by atoms with Crippen LogP contribution in [-0.2, 0) is 24.0 Å². The standard InChI is InChI=1S/C21H39N7O7S/c1-11(2)9-15(19(33)27-14(20(34)35)5-4-7-25-21(23)24)28-18(32)13(6-8-36-3)26-17(31)12(22)10-16(29)30/h11-15H,4-10,22H2,1-3H3,(H,26,31)(H,27,33)(H,28,32)(H,29,30)(H,34,35)(H4,23,24,25)/t12-,13-,14-,15-/m0/s1. The Morgan fingerprint density at radius 3 is 1.94 bits per heavy atom. The van der Waals surface area contributed by atoms with E-state index < -0.39 is 60.2 Å². The van der Waals surface area contributed by atoms with Crippen LogP contribution in [0.5, 0.6) is 0 Å². The van der Waals surface area contributed by atoms with Crippen LogP contribution >= 0.6 is 11.8 Å². The van der Waals surface area contributed by atoms with Crippen LogP contribution in [0.25, 0.3) is 0 Å². The minimum atomic E-state index is -1.35. The Labute approximate surface area is 214 Å². The first-order chi connectivity index (χ1) is 16.8. The van der Waals surface area contributed by atoms with Crippen molar-refractivity contribution in [3.63, 3.8) is 0 Å². The van der Waals surface area contributed by atoms with Crippen LogP contribution in [0.1, 0.15) is 46.0 Å². The summed E-state index contributed by atoms with van der Waals surface area (Å²) in [6, 6.07) is -4.71. The molecule has 14 nitrogen and oxygen atoms in total. The summed E-state index contributed by atoms with van der Waals surface area (Å²) < 4.78 is 0. The zero-order chi connectivity index (χ0) is 27.8. The van der Waals surface area contributed by atoms with Crippen LogP contribution in [0.3, 0.4) is 0 Å². The number of thioether (sulfide) groups is 1. The summed E-state index contributed by atoms with van der Waals surface area (Å²) in [7, 11) is 0. The van der Waals surface area contributed by atoms with Gasteiger partial charge in [0.25, 0.3) is 0 Å². The largest absolute Gasteiger partial charge is 0.481 e. The number of aliphatic imine (C=N–C) groups is 1. The molecule has 0 fully saturated rings. The summed E-state index contributed by atoms with van der Waals surface area (Å²) in [6.07, 6.45) is 1.97. The van der Waals surface area contributed by atoms with Crippen molar-refractivity contribution in [1.82, 2.24) is 16.0 Å². The first-order valence-corrected chi connectivity index (χ1v) is 12.8. The fraction of sp³-hybridized carbons (Fsp3) is 0.714. The van der Waals surface area contributed by atoms with Gasteiger partial charge < -0.3 is 43.4 Å². The number of nitrogens with one attached hydrogen (secondary N) is 3. The second kappa shape index (κ2) is 17.4. The number of rotatable bonds is 18. The summed E-state index contributed by atoms with van der Waals surface area (Å²) >= 11 is 1.43. The molecule has 11 N–H and O–H groups in total. The Morgan fingerprint density at radius 1 is 0.889 bits per heavy atom. The zero-order valence-corrected chi connectivity index (χ0v) is 21.7. The topological polar surface area (TPSA) is 252 Å². The summed E-state index contributed by atoms with van der Waals surface area (Å²) in [5, 5.41) is 25.8. The van der Waals surface area contributed by atoms with Crippen molar-refractivity contribution in [3.8, 4) is 0 Å². The number of carbonyl (C=O) groups is 5. The lowest BCUT2D eigenvalue weighted by molar-refractivity contribution is -0.142. The Balaban J connectivity index is 5.44. The number of carboxylic acids is 2. The van der Waals surface area contributed by atoms with Crippen LogP contribution in [0.15, 0.2) is 4.99 Å². The number of nitrogens with two attached hydrogens (primary N) is 3. The highest BCUT2D eigenvalue weighted by Crippen LogP contribution is 2.09. The van der Waals surface area contributed by atoms with Crippen LogP contribution < -0.4 is 33.2 Å². The third-order valence-corrected chi connectivity index (χ3v) is 5.52. The number of carboxylic acid groups (broad SMARTS) is 2. The minimum Gasteiger partial charge on any atom is -0.481 e. The summed E-state index contributed by atoms with van der Waals surface area (Å²) in [5.74, 6) is -4.35. The first-order valence-electron chi connectivity index (χ1n) is 11.4. The van der Waals surface area contributed by atoms with E-state index in [0.717, 1.165) is 0 Å². The number of hydrogen-bond acceptors (Lipinski definition) is 8. The van der Waals surface area contributed by atoms with E-state index in [0.29, 0.717) is 12.2 Å². The fourth-order valence-electron chi connectivity index (χ4n) is 3.07. The van der Waals surface area contributed by atoms with Gasteiger partial charge in [0.05, 0.1) is 12.5 Å². The van der Waals surface area contributed by atoms with Gasteiger partial charge in [-0.1, -0.05) is 13.8 Å². The SMILES string of the molecule is CSCC[C@H](NC(=O)[C@@H](N)CC(=O)O)C(=O)N[C@@H](CC(C)C)C(=O)N[C@@H](CCCN=C(N)N)C(=O)O. The van der Waals surface area contributed by atoms with Gasteiger partial charge in [-0.2, -0.15) is 11.8 Å². The van der Waals surface area contributed by atoms with Crippen molar-refractivity contribution in [3.05, 3.63) is 0 Å². The van der Waals surface area contributed by atoms with Gasteiger partial charge in [0.2, 0.25) is 17.7 Å². The molecule has 0 saturated carbocycles. The quantitative estimate of drug-likeness (QED) is 0.0553. The molecule has 0 aromatic carbocycles. The molecular formula is C21H39N7O7S. The average Bonchev–Trinajstić information content (AvgIpc) is 2.76. The predicted octanol–water partition coefficient (Wildman–Crippen LogP) is -1.82. The Kier molecular flexibility index (Phi) is 15.9. The van der Waals surface area contributed by atoms with Gasteiger partial charge in [-0.15, -0.1) is 0 Å². The first kappa shape index (κ1) is 32.9. The van der Waals surface area contributed by atoms with Gasteiger partial charge in [0.1, 0.15) is 18.1 Å². The van der Waals surface area contributed by atoms with Gasteiger partial charge in [0.15, 0.2) is 5.96 Å². The van der Waals surface area contributed by atoms with Crippen LogP contribution in [0.2, 0.25) is 0 Å². The number of aliphatic carboxylic acids is 2. The minimum absolute atomic E-state index is 0.0329. The molecule has 0 aliphatic rings. The molecule has 0 heterocycles. The lowest BCUT2D eigenvalue weighted by Gasteiger charge is -2.26. The fourth-order valence-corrected chi connectivity index (χ4v) is 3.54. The predicted molar refractivity (Wildman–Crippen MR) is 136 cm³/mol. The van der Waals surface area contributed by atoms with Gasteiger partial charge in [-0.05, 0) is 43.6 Å². The molecule has 0 saturated heterocycles. The van der Waals surface area contributed by atoms with Gasteiger partial charge in [-0.3, -0.25) is 24.2 Å². The molecule has 36 heavy (non-hydrogen) atoms. The third-order valence-electron chi connectivity index (χ3n) is 4.87. The maximum Gasteiger partial charge on any atom is 0.326 e. The summed E-state index contributed by atoms with van der Waals surface area (Å²) in [5.41, 5.74) is 16.1. The maximum absolute atomic E-state index is 13.0. The molecular weight excluding hydrogens is 494 g/mol. The molecule has 0 aromatic heterocycles. The van der Waals surface area contributed by atoms with E-state index in [-0.39, 0.29) is 37.7 Å². The van der Waals surface area contributed by atoms with Crippen LogP contribution in [-0.4, -0.2) is 88.6 Å². The Morgan fingerprint density at radius 2 is 1.44 bits per heavy atom. The lowest BCUT2D eigenvalue weighted by Crippen LogP contribution is -2.57. The molecule has 3 amide bonds.